The molecule has 0 saturated carbocycles. The molecule has 6 nitrogen and oxygen atoms in total. The van der Waals surface area contributed by atoms with Gasteiger partial charge < -0.3 is 10.6 Å². The summed E-state index contributed by atoms with van der Waals surface area (Å²) in [6.45, 7) is -0.0118. The Labute approximate surface area is 116 Å². The summed E-state index contributed by atoms with van der Waals surface area (Å²) in [5.74, 6) is -0.431. The number of hydrogen-bond donors (Lipinski definition) is 2. The molecule has 20 heavy (non-hydrogen) atoms. The fourth-order valence-electron chi connectivity index (χ4n) is 1.69. The molecule has 0 spiro atoms. The van der Waals surface area contributed by atoms with Crippen LogP contribution in [0.15, 0.2) is 42.7 Å². The molecular formula is C14H16N4O2. The summed E-state index contributed by atoms with van der Waals surface area (Å²) in [4.78, 5) is 22.7. The van der Waals surface area contributed by atoms with Crippen molar-refractivity contribution in [3.8, 4) is 5.69 Å². The van der Waals surface area contributed by atoms with Gasteiger partial charge in [0.1, 0.15) is 0 Å². The number of rotatable bonds is 5. The van der Waals surface area contributed by atoms with Crippen LogP contribution < -0.4 is 10.6 Å². The van der Waals surface area contributed by atoms with E-state index >= 15 is 0 Å². The Morgan fingerprint density at radius 2 is 1.95 bits per heavy atom. The number of aromatic nitrogens is 2. The first-order valence-electron chi connectivity index (χ1n) is 6.25. The van der Waals surface area contributed by atoms with Gasteiger partial charge >= 0.3 is 0 Å². The quantitative estimate of drug-likeness (QED) is 0.820. The zero-order valence-electron chi connectivity index (χ0n) is 11.2. The lowest BCUT2D eigenvalue weighted by Gasteiger charge is -2.02. The number of likely N-dealkylation sites (N-methyl/N-ethyl adjacent to an activating group) is 1. The second kappa shape index (κ2) is 6.51. The number of nitrogens with one attached hydrogen (secondary N) is 2. The molecule has 0 atom stereocenters. The molecule has 0 saturated heterocycles. The molecule has 2 amide bonds. The van der Waals surface area contributed by atoms with E-state index in [4.69, 9.17) is 0 Å². The van der Waals surface area contributed by atoms with Crippen molar-refractivity contribution in [3.63, 3.8) is 0 Å². The minimum atomic E-state index is -0.224. The molecule has 1 aromatic carbocycles. The molecule has 0 aliphatic heterocycles. The second-order valence-electron chi connectivity index (χ2n) is 4.26. The maximum atomic E-state index is 11.7. The fourth-order valence-corrected chi connectivity index (χ4v) is 1.69. The molecule has 2 rings (SSSR count). The van der Waals surface area contributed by atoms with Crippen molar-refractivity contribution in [2.45, 2.75) is 6.42 Å². The van der Waals surface area contributed by atoms with Crippen LogP contribution in [0.25, 0.3) is 5.69 Å². The highest BCUT2D eigenvalue weighted by Crippen LogP contribution is 2.07. The Hall–Kier alpha value is -2.63. The van der Waals surface area contributed by atoms with Crippen molar-refractivity contribution in [1.29, 1.82) is 0 Å². The summed E-state index contributed by atoms with van der Waals surface area (Å²) in [5.41, 5.74) is 1.73. The van der Waals surface area contributed by atoms with Crippen molar-refractivity contribution in [2.24, 2.45) is 0 Å². The minimum Gasteiger partial charge on any atom is -0.358 e. The van der Waals surface area contributed by atoms with Gasteiger partial charge in [-0.25, -0.2) is 4.68 Å². The molecule has 0 aliphatic carbocycles. The summed E-state index contributed by atoms with van der Waals surface area (Å²) in [6, 6.07) is 9.64. The van der Waals surface area contributed by atoms with Gasteiger partial charge in [-0.1, -0.05) is 18.2 Å². The highest BCUT2D eigenvalue weighted by molar-refractivity contribution is 5.85. The third-order valence-electron chi connectivity index (χ3n) is 2.75. The molecule has 1 heterocycles. The number of hydrogen-bond acceptors (Lipinski definition) is 3. The topological polar surface area (TPSA) is 76.0 Å². The monoisotopic (exact) mass is 272 g/mol. The van der Waals surface area contributed by atoms with E-state index in [0.29, 0.717) is 0 Å². The molecule has 0 aliphatic rings. The van der Waals surface area contributed by atoms with Gasteiger partial charge in [0.15, 0.2) is 0 Å². The number of nitrogens with zero attached hydrogens (tertiary/aromatic N) is 2. The van der Waals surface area contributed by atoms with Gasteiger partial charge in [0.2, 0.25) is 11.8 Å². The second-order valence-corrected chi connectivity index (χ2v) is 4.26. The van der Waals surface area contributed by atoms with E-state index < -0.39 is 0 Å². The van der Waals surface area contributed by atoms with Crippen LogP contribution >= 0.6 is 0 Å². The summed E-state index contributed by atoms with van der Waals surface area (Å²) in [5, 5.41) is 9.19. The van der Waals surface area contributed by atoms with Crippen LogP contribution in [0.4, 0.5) is 0 Å². The molecule has 2 aromatic rings. The van der Waals surface area contributed by atoms with Crippen molar-refractivity contribution in [1.82, 2.24) is 20.4 Å². The average molecular weight is 272 g/mol. The fraction of sp³-hybridized carbons (Fsp3) is 0.214. The molecule has 0 unspecified atom stereocenters. The lowest BCUT2D eigenvalue weighted by atomic mass is 10.2. The smallest absolute Gasteiger partial charge is 0.239 e. The number of carbonyl (C=O) groups is 2. The molecule has 6 heteroatoms. The zero-order chi connectivity index (χ0) is 14.4. The van der Waals surface area contributed by atoms with Gasteiger partial charge in [0.25, 0.3) is 0 Å². The zero-order valence-corrected chi connectivity index (χ0v) is 11.2. The van der Waals surface area contributed by atoms with E-state index in [-0.39, 0.29) is 24.8 Å². The molecular weight excluding hydrogens is 256 g/mol. The summed E-state index contributed by atoms with van der Waals surface area (Å²) in [7, 11) is 1.53. The first kappa shape index (κ1) is 13.8. The van der Waals surface area contributed by atoms with Crippen molar-refractivity contribution >= 4 is 11.8 Å². The minimum absolute atomic E-state index is 0.0118. The van der Waals surface area contributed by atoms with E-state index in [1.807, 2.05) is 30.3 Å². The Balaban J connectivity index is 1.93. The van der Waals surface area contributed by atoms with Crippen LogP contribution in [0, 0.1) is 0 Å². The van der Waals surface area contributed by atoms with Crippen LogP contribution in [0.1, 0.15) is 5.56 Å². The Morgan fingerprint density at radius 3 is 2.65 bits per heavy atom. The van der Waals surface area contributed by atoms with Crippen molar-refractivity contribution in [2.75, 3.05) is 13.6 Å². The van der Waals surface area contributed by atoms with Crippen LogP contribution in [0.5, 0.6) is 0 Å². The van der Waals surface area contributed by atoms with E-state index in [9.17, 15) is 9.59 Å². The van der Waals surface area contributed by atoms with Gasteiger partial charge in [-0.3, -0.25) is 9.59 Å². The van der Waals surface area contributed by atoms with Crippen molar-refractivity contribution in [3.05, 3.63) is 48.3 Å². The van der Waals surface area contributed by atoms with Gasteiger partial charge in [0.05, 0.1) is 24.8 Å². The highest BCUT2D eigenvalue weighted by Gasteiger charge is 2.07. The predicted octanol–water partition coefficient (Wildman–Crippen LogP) is 0.277. The number of carbonyl (C=O) groups excluding carboxylic acids is 2. The maximum Gasteiger partial charge on any atom is 0.239 e. The maximum absolute atomic E-state index is 11.7. The van der Waals surface area contributed by atoms with Crippen molar-refractivity contribution < 1.29 is 9.59 Å². The van der Waals surface area contributed by atoms with Crippen LogP contribution in [-0.2, 0) is 16.0 Å². The largest absolute Gasteiger partial charge is 0.358 e. The van der Waals surface area contributed by atoms with Gasteiger partial charge in [-0.05, 0) is 17.7 Å². The van der Waals surface area contributed by atoms with Crippen LogP contribution in [0.3, 0.4) is 0 Å². The predicted molar refractivity (Wildman–Crippen MR) is 74.3 cm³/mol. The number of amides is 2. The van der Waals surface area contributed by atoms with Gasteiger partial charge in [-0.15, -0.1) is 0 Å². The normalized spacial score (nSPS) is 10.1. The lowest BCUT2D eigenvalue weighted by molar-refractivity contribution is -0.125. The molecule has 0 fully saturated rings. The van der Waals surface area contributed by atoms with E-state index in [2.05, 4.69) is 15.7 Å². The first-order chi connectivity index (χ1) is 9.69. The highest BCUT2D eigenvalue weighted by atomic mass is 16.2. The third kappa shape index (κ3) is 3.68. The lowest BCUT2D eigenvalue weighted by Crippen LogP contribution is -2.35. The molecule has 2 N–H and O–H groups in total. The van der Waals surface area contributed by atoms with E-state index in [1.54, 1.807) is 17.1 Å². The Kier molecular flexibility index (Phi) is 4.49. The summed E-state index contributed by atoms with van der Waals surface area (Å²) < 4.78 is 1.71. The third-order valence-corrected chi connectivity index (χ3v) is 2.75. The van der Waals surface area contributed by atoms with Crippen LogP contribution in [-0.4, -0.2) is 35.2 Å². The van der Waals surface area contributed by atoms with Gasteiger partial charge in [0, 0.05) is 13.2 Å². The van der Waals surface area contributed by atoms with Gasteiger partial charge in [-0.2, -0.15) is 5.10 Å². The van der Waals surface area contributed by atoms with E-state index in [0.717, 1.165) is 11.3 Å². The Bertz CT molecular complexity index is 592. The first-order valence-corrected chi connectivity index (χ1v) is 6.25. The number of benzene rings is 1. The average Bonchev–Trinajstić information content (AvgIpc) is 2.94. The summed E-state index contributed by atoms with van der Waals surface area (Å²) in [6.07, 6.45) is 3.64. The standard InChI is InChI=1S/C14H16N4O2/c1-15-14(20)9-16-13(19)7-11-8-17-18(10-11)12-5-3-2-4-6-12/h2-6,8,10H,7,9H2,1H3,(H,15,20)(H,16,19). The van der Waals surface area contributed by atoms with Crippen LogP contribution in [0.2, 0.25) is 0 Å². The van der Waals surface area contributed by atoms with E-state index in [1.165, 1.54) is 7.05 Å². The molecule has 104 valence electrons. The summed E-state index contributed by atoms with van der Waals surface area (Å²) >= 11 is 0. The molecule has 0 bridgehead atoms. The molecule has 1 aromatic heterocycles. The Morgan fingerprint density at radius 1 is 1.20 bits per heavy atom. The molecule has 0 radical (unpaired) electrons. The SMILES string of the molecule is CNC(=O)CNC(=O)Cc1cnn(-c2ccccc2)c1. The number of para-hydroxylation sites is 1.